The van der Waals surface area contributed by atoms with Crippen molar-refractivity contribution in [2.75, 3.05) is 14.2 Å². The van der Waals surface area contributed by atoms with Crippen LogP contribution in [0, 0.1) is 0 Å². The second-order valence-electron chi connectivity index (χ2n) is 7.90. The van der Waals surface area contributed by atoms with Gasteiger partial charge in [-0.15, -0.1) is 0 Å². The lowest BCUT2D eigenvalue weighted by molar-refractivity contribution is -0.137. The SMILES string of the molecule is COc1ccc(Cc2nc3c(c(CF)nn3[C@H](C)c3ccc(C(F)(F)F)cc3)c(=O)[nH]2)cc1OC. The number of hydrogen-bond acceptors (Lipinski definition) is 5. The molecule has 0 saturated carbocycles. The van der Waals surface area contributed by atoms with Gasteiger partial charge in [0.25, 0.3) is 5.56 Å². The highest BCUT2D eigenvalue weighted by Gasteiger charge is 2.30. The van der Waals surface area contributed by atoms with Crippen LogP contribution in [0.5, 0.6) is 11.5 Å². The molecule has 2 heterocycles. The van der Waals surface area contributed by atoms with E-state index in [-0.39, 0.29) is 23.1 Å². The van der Waals surface area contributed by atoms with E-state index in [2.05, 4.69) is 15.1 Å². The van der Waals surface area contributed by atoms with E-state index >= 15 is 0 Å². The van der Waals surface area contributed by atoms with Crippen molar-refractivity contribution >= 4 is 11.0 Å². The van der Waals surface area contributed by atoms with Gasteiger partial charge in [0.05, 0.1) is 25.8 Å². The van der Waals surface area contributed by atoms with Crippen molar-refractivity contribution in [1.82, 2.24) is 19.7 Å². The molecule has 4 aromatic rings. The number of ether oxygens (including phenoxy) is 2. The number of H-pyrrole nitrogens is 1. The monoisotopic (exact) mass is 490 g/mol. The van der Waals surface area contributed by atoms with Crippen molar-refractivity contribution < 1.29 is 27.0 Å². The average Bonchev–Trinajstić information content (AvgIpc) is 3.22. The molecule has 0 saturated heterocycles. The highest BCUT2D eigenvalue weighted by Crippen LogP contribution is 2.31. The van der Waals surface area contributed by atoms with E-state index in [0.29, 0.717) is 22.9 Å². The van der Waals surface area contributed by atoms with Crippen LogP contribution in [0.15, 0.2) is 47.3 Å². The van der Waals surface area contributed by atoms with Crippen LogP contribution in [-0.4, -0.2) is 34.0 Å². The molecular weight excluding hydrogens is 468 g/mol. The van der Waals surface area contributed by atoms with Gasteiger partial charge in [-0.25, -0.2) is 14.1 Å². The molecule has 0 fully saturated rings. The fourth-order valence-corrected chi connectivity index (χ4v) is 3.88. The summed E-state index contributed by atoms with van der Waals surface area (Å²) in [6, 6.07) is 9.25. The molecule has 7 nitrogen and oxygen atoms in total. The first-order chi connectivity index (χ1) is 16.7. The van der Waals surface area contributed by atoms with Crippen LogP contribution in [0.3, 0.4) is 0 Å². The molecule has 0 aliphatic carbocycles. The Morgan fingerprint density at radius 2 is 1.74 bits per heavy atom. The highest BCUT2D eigenvalue weighted by molar-refractivity contribution is 5.77. The van der Waals surface area contributed by atoms with Gasteiger partial charge in [0.1, 0.15) is 23.6 Å². The fraction of sp³-hybridized carbons (Fsp3) is 0.292. The second-order valence-corrected chi connectivity index (χ2v) is 7.90. The number of aromatic amines is 1. The van der Waals surface area contributed by atoms with Crippen molar-refractivity contribution in [3.8, 4) is 11.5 Å². The van der Waals surface area contributed by atoms with Crippen molar-refractivity contribution in [2.24, 2.45) is 0 Å². The number of halogens is 4. The second kappa shape index (κ2) is 9.40. The van der Waals surface area contributed by atoms with Crippen LogP contribution >= 0.6 is 0 Å². The van der Waals surface area contributed by atoms with Gasteiger partial charge in [-0.1, -0.05) is 18.2 Å². The molecule has 184 valence electrons. The summed E-state index contributed by atoms with van der Waals surface area (Å²) in [6.45, 7) is 0.691. The molecule has 0 aliphatic rings. The zero-order valence-electron chi connectivity index (χ0n) is 19.1. The maximum Gasteiger partial charge on any atom is 0.416 e. The quantitative estimate of drug-likeness (QED) is 0.376. The van der Waals surface area contributed by atoms with Gasteiger partial charge < -0.3 is 14.5 Å². The minimum atomic E-state index is -4.46. The molecule has 11 heteroatoms. The smallest absolute Gasteiger partial charge is 0.416 e. The third-order valence-corrected chi connectivity index (χ3v) is 5.72. The largest absolute Gasteiger partial charge is 0.493 e. The maximum absolute atomic E-state index is 13.7. The molecule has 2 aromatic heterocycles. The van der Waals surface area contributed by atoms with Crippen molar-refractivity contribution in [1.29, 1.82) is 0 Å². The number of benzene rings is 2. The van der Waals surface area contributed by atoms with Crippen molar-refractivity contribution in [3.63, 3.8) is 0 Å². The number of fused-ring (bicyclic) bond motifs is 1. The molecular formula is C24H22F4N4O3. The van der Waals surface area contributed by atoms with E-state index in [0.717, 1.165) is 17.7 Å². The normalized spacial score (nSPS) is 12.7. The first kappa shape index (κ1) is 24.2. The molecule has 1 N–H and O–H groups in total. The number of alkyl halides is 4. The molecule has 0 unspecified atom stereocenters. The molecule has 0 aliphatic heterocycles. The Balaban J connectivity index is 1.76. The van der Waals surface area contributed by atoms with E-state index in [1.54, 1.807) is 25.1 Å². The Hall–Kier alpha value is -3.89. The van der Waals surface area contributed by atoms with Crippen molar-refractivity contribution in [3.05, 3.63) is 81.0 Å². The van der Waals surface area contributed by atoms with Crippen LogP contribution < -0.4 is 15.0 Å². The van der Waals surface area contributed by atoms with E-state index in [9.17, 15) is 22.4 Å². The minimum absolute atomic E-state index is 0.00215. The van der Waals surface area contributed by atoms with E-state index in [1.807, 2.05) is 0 Å². The summed E-state index contributed by atoms with van der Waals surface area (Å²) in [4.78, 5) is 20.0. The minimum Gasteiger partial charge on any atom is -0.493 e. The molecule has 0 bridgehead atoms. The summed E-state index contributed by atoms with van der Waals surface area (Å²) in [5.41, 5.74) is -0.0116. The van der Waals surface area contributed by atoms with Gasteiger partial charge >= 0.3 is 6.18 Å². The predicted molar refractivity (Wildman–Crippen MR) is 121 cm³/mol. The number of hydrogen-bond donors (Lipinski definition) is 1. The first-order valence-corrected chi connectivity index (χ1v) is 10.6. The van der Waals surface area contributed by atoms with Crippen LogP contribution in [0.4, 0.5) is 17.6 Å². The number of nitrogens with zero attached hydrogens (tertiary/aromatic N) is 3. The lowest BCUT2D eigenvalue weighted by atomic mass is 10.1. The summed E-state index contributed by atoms with van der Waals surface area (Å²) < 4.78 is 64.4. The van der Waals surface area contributed by atoms with Crippen molar-refractivity contribution in [2.45, 2.75) is 32.2 Å². The highest BCUT2D eigenvalue weighted by atomic mass is 19.4. The topological polar surface area (TPSA) is 82.0 Å². The number of aromatic nitrogens is 4. The maximum atomic E-state index is 13.7. The zero-order chi connectivity index (χ0) is 25.3. The van der Waals surface area contributed by atoms with E-state index < -0.39 is 30.0 Å². The van der Waals surface area contributed by atoms with Gasteiger partial charge in [0.15, 0.2) is 17.1 Å². The fourth-order valence-electron chi connectivity index (χ4n) is 3.88. The molecule has 1 atom stereocenters. The third-order valence-electron chi connectivity index (χ3n) is 5.72. The molecule has 2 aromatic carbocycles. The zero-order valence-corrected chi connectivity index (χ0v) is 19.1. The lowest BCUT2D eigenvalue weighted by Crippen LogP contribution is -2.15. The van der Waals surface area contributed by atoms with E-state index in [1.165, 1.54) is 31.0 Å². The Morgan fingerprint density at radius 1 is 1.06 bits per heavy atom. The van der Waals surface area contributed by atoms with Gasteiger partial charge in [-0.05, 0) is 42.3 Å². The Bertz CT molecular complexity index is 1410. The Kier molecular flexibility index (Phi) is 6.51. The van der Waals surface area contributed by atoms with Gasteiger partial charge in [-0.2, -0.15) is 18.3 Å². The number of methoxy groups -OCH3 is 2. The number of nitrogens with one attached hydrogen (secondary N) is 1. The lowest BCUT2D eigenvalue weighted by Gasteiger charge is -2.15. The Labute approximate surface area is 197 Å². The molecule has 0 radical (unpaired) electrons. The summed E-state index contributed by atoms with van der Waals surface area (Å²) in [6.07, 6.45) is -4.23. The first-order valence-electron chi connectivity index (χ1n) is 10.6. The van der Waals surface area contributed by atoms with Gasteiger partial charge in [0.2, 0.25) is 0 Å². The standard InChI is InChI=1S/C24H22F4N4O3/c1-13(15-5-7-16(8-6-15)24(26,27)28)32-22-21(17(12-25)31-32)23(33)30-20(29-22)11-14-4-9-18(34-2)19(10-14)35-3/h4-10,13H,11-12H2,1-3H3,(H,29,30,33)/t13-/m1/s1. The molecule has 0 amide bonds. The predicted octanol–water partition coefficient (Wildman–Crippen LogP) is 4.83. The molecule has 4 rings (SSSR count). The third kappa shape index (κ3) is 4.71. The van der Waals surface area contributed by atoms with Crippen LogP contribution in [0.1, 0.15) is 41.2 Å². The molecule has 35 heavy (non-hydrogen) atoms. The summed E-state index contributed by atoms with van der Waals surface area (Å²) in [7, 11) is 3.03. The van der Waals surface area contributed by atoms with Gasteiger partial charge in [0, 0.05) is 6.42 Å². The molecule has 0 spiro atoms. The Morgan fingerprint density at radius 3 is 2.34 bits per heavy atom. The van der Waals surface area contributed by atoms with Gasteiger partial charge in [-0.3, -0.25) is 4.79 Å². The van der Waals surface area contributed by atoms with Crippen LogP contribution in [-0.2, 0) is 19.3 Å². The van der Waals surface area contributed by atoms with E-state index in [4.69, 9.17) is 9.47 Å². The number of rotatable bonds is 7. The summed E-state index contributed by atoms with van der Waals surface area (Å²) in [5, 5.41) is 4.22. The van der Waals surface area contributed by atoms with Crippen LogP contribution in [0.2, 0.25) is 0 Å². The van der Waals surface area contributed by atoms with Crippen LogP contribution in [0.25, 0.3) is 11.0 Å². The summed E-state index contributed by atoms with van der Waals surface area (Å²) in [5.74, 6) is 1.36. The average molecular weight is 490 g/mol. The summed E-state index contributed by atoms with van der Waals surface area (Å²) >= 11 is 0.